The molecule has 1 saturated carbocycles. The lowest BCUT2D eigenvalue weighted by atomic mass is 9.72. The molecular formula is C12H23N. The molecule has 0 aromatic carbocycles. The van der Waals surface area contributed by atoms with Crippen LogP contribution in [0.1, 0.15) is 46.0 Å². The highest BCUT2D eigenvalue weighted by molar-refractivity contribution is 5.03. The van der Waals surface area contributed by atoms with Crippen molar-refractivity contribution in [1.29, 1.82) is 0 Å². The molecule has 1 unspecified atom stereocenters. The summed E-state index contributed by atoms with van der Waals surface area (Å²) in [5.41, 5.74) is 0.595. The van der Waals surface area contributed by atoms with Crippen molar-refractivity contribution in [2.75, 3.05) is 13.6 Å². The van der Waals surface area contributed by atoms with Crippen molar-refractivity contribution < 1.29 is 0 Å². The van der Waals surface area contributed by atoms with Gasteiger partial charge in [0.25, 0.3) is 0 Å². The number of hydrogen-bond acceptors (Lipinski definition) is 1. The molecule has 1 heteroatoms. The minimum absolute atomic E-state index is 0.595. The fourth-order valence-corrected chi connectivity index (χ4v) is 3.68. The lowest BCUT2D eigenvalue weighted by molar-refractivity contribution is 0.0848. The summed E-state index contributed by atoms with van der Waals surface area (Å²) in [6.45, 7) is 6.16. The largest absolute Gasteiger partial charge is 0.300 e. The van der Waals surface area contributed by atoms with Crippen LogP contribution in [0.25, 0.3) is 0 Å². The van der Waals surface area contributed by atoms with E-state index in [-0.39, 0.29) is 0 Å². The molecule has 76 valence electrons. The van der Waals surface area contributed by atoms with Crippen LogP contribution >= 0.6 is 0 Å². The summed E-state index contributed by atoms with van der Waals surface area (Å²) in [5, 5.41) is 0. The molecule has 2 rings (SSSR count). The van der Waals surface area contributed by atoms with Crippen LogP contribution in [0, 0.1) is 11.8 Å². The molecule has 1 heterocycles. The second-order valence-electron chi connectivity index (χ2n) is 5.26. The van der Waals surface area contributed by atoms with E-state index in [1.54, 1.807) is 0 Å². The van der Waals surface area contributed by atoms with Gasteiger partial charge in [0, 0.05) is 12.1 Å². The Kier molecular flexibility index (Phi) is 2.39. The minimum Gasteiger partial charge on any atom is -0.300 e. The van der Waals surface area contributed by atoms with E-state index in [1.807, 2.05) is 0 Å². The summed E-state index contributed by atoms with van der Waals surface area (Å²) >= 11 is 0. The highest BCUT2D eigenvalue weighted by Crippen LogP contribution is 2.47. The second-order valence-corrected chi connectivity index (χ2v) is 5.26. The van der Waals surface area contributed by atoms with Crippen molar-refractivity contribution in [3.05, 3.63) is 0 Å². The maximum absolute atomic E-state index is 2.67. The standard InChI is InChI=1S/C12H23N/c1-4-10(2)12-7-5-6-11(8-12)9-13(12)3/h10-11H,4-9H2,1-3H3/t10?,11-,12-/m0/s1. The van der Waals surface area contributed by atoms with E-state index in [2.05, 4.69) is 25.8 Å². The molecule has 0 spiro atoms. The molecule has 3 atom stereocenters. The van der Waals surface area contributed by atoms with Gasteiger partial charge in [0.2, 0.25) is 0 Å². The molecule has 0 aromatic rings. The van der Waals surface area contributed by atoms with Gasteiger partial charge in [-0.25, -0.2) is 0 Å². The molecule has 0 amide bonds. The van der Waals surface area contributed by atoms with Gasteiger partial charge in [-0.15, -0.1) is 0 Å². The first-order valence-corrected chi connectivity index (χ1v) is 5.90. The van der Waals surface area contributed by atoms with Gasteiger partial charge in [-0.2, -0.15) is 0 Å². The number of nitrogens with zero attached hydrogens (tertiary/aromatic N) is 1. The minimum atomic E-state index is 0.595. The van der Waals surface area contributed by atoms with Crippen LogP contribution in [-0.2, 0) is 0 Å². The second kappa shape index (κ2) is 3.27. The Balaban J connectivity index is 2.19. The summed E-state index contributed by atoms with van der Waals surface area (Å²) in [6, 6.07) is 0. The topological polar surface area (TPSA) is 3.24 Å². The molecular weight excluding hydrogens is 158 g/mol. The first kappa shape index (κ1) is 9.51. The van der Waals surface area contributed by atoms with Gasteiger partial charge < -0.3 is 4.90 Å². The van der Waals surface area contributed by atoms with Crippen molar-refractivity contribution >= 4 is 0 Å². The molecule has 2 fully saturated rings. The van der Waals surface area contributed by atoms with E-state index in [4.69, 9.17) is 0 Å². The molecule has 1 aliphatic carbocycles. The van der Waals surface area contributed by atoms with Crippen LogP contribution in [0.15, 0.2) is 0 Å². The molecule has 2 bridgehead atoms. The lowest BCUT2D eigenvalue weighted by Gasteiger charge is -2.43. The molecule has 13 heavy (non-hydrogen) atoms. The molecule has 0 aromatic heterocycles. The Bertz CT molecular complexity index is 184. The van der Waals surface area contributed by atoms with Crippen molar-refractivity contribution in [3.8, 4) is 0 Å². The van der Waals surface area contributed by atoms with Crippen LogP contribution in [-0.4, -0.2) is 24.0 Å². The van der Waals surface area contributed by atoms with Gasteiger partial charge in [0.15, 0.2) is 0 Å². The zero-order valence-corrected chi connectivity index (χ0v) is 9.34. The number of hydrogen-bond donors (Lipinski definition) is 0. The summed E-state index contributed by atoms with van der Waals surface area (Å²) in [6.07, 6.45) is 7.24. The third kappa shape index (κ3) is 1.32. The van der Waals surface area contributed by atoms with Gasteiger partial charge in [-0.05, 0) is 38.1 Å². The predicted molar refractivity (Wildman–Crippen MR) is 56.8 cm³/mol. The van der Waals surface area contributed by atoms with Gasteiger partial charge in [0.1, 0.15) is 0 Å². The molecule has 1 nitrogen and oxygen atoms in total. The summed E-state index contributed by atoms with van der Waals surface area (Å²) in [4.78, 5) is 2.67. The number of likely N-dealkylation sites (tertiary alicyclic amines) is 1. The third-order valence-electron chi connectivity index (χ3n) is 4.69. The summed E-state index contributed by atoms with van der Waals surface area (Å²) in [7, 11) is 2.34. The summed E-state index contributed by atoms with van der Waals surface area (Å²) in [5.74, 6) is 1.91. The van der Waals surface area contributed by atoms with E-state index in [1.165, 1.54) is 38.6 Å². The SMILES string of the molecule is CCC(C)[C@@]12CCC[C@H](CN1C)C2. The zero-order chi connectivity index (χ0) is 9.47. The Labute approximate surface area is 82.5 Å². The molecule has 0 radical (unpaired) electrons. The van der Waals surface area contributed by atoms with Gasteiger partial charge >= 0.3 is 0 Å². The Morgan fingerprint density at radius 3 is 3.00 bits per heavy atom. The van der Waals surface area contributed by atoms with E-state index in [0.29, 0.717) is 5.54 Å². The number of rotatable bonds is 2. The van der Waals surface area contributed by atoms with Crippen molar-refractivity contribution in [2.45, 2.75) is 51.5 Å². The Hall–Kier alpha value is -0.0400. The lowest BCUT2D eigenvalue weighted by Crippen LogP contribution is -2.47. The normalized spacial score (nSPS) is 42.2. The van der Waals surface area contributed by atoms with Crippen LogP contribution in [0.3, 0.4) is 0 Å². The van der Waals surface area contributed by atoms with Crippen molar-refractivity contribution in [3.63, 3.8) is 0 Å². The quantitative estimate of drug-likeness (QED) is 0.633. The zero-order valence-electron chi connectivity index (χ0n) is 9.34. The predicted octanol–water partition coefficient (Wildman–Crippen LogP) is 2.91. The number of fused-ring (bicyclic) bond motifs is 2. The molecule has 1 aliphatic heterocycles. The Morgan fingerprint density at radius 2 is 2.31 bits per heavy atom. The van der Waals surface area contributed by atoms with E-state index in [0.717, 1.165) is 11.8 Å². The van der Waals surface area contributed by atoms with Gasteiger partial charge in [-0.1, -0.05) is 26.7 Å². The smallest absolute Gasteiger partial charge is 0.0235 e. The highest BCUT2D eigenvalue weighted by atomic mass is 15.2. The molecule has 0 N–H and O–H groups in total. The van der Waals surface area contributed by atoms with E-state index >= 15 is 0 Å². The van der Waals surface area contributed by atoms with Crippen molar-refractivity contribution in [2.24, 2.45) is 11.8 Å². The monoisotopic (exact) mass is 181 g/mol. The van der Waals surface area contributed by atoms with Crippen molar-refractivity contribution in [1.82, 2.24) is 4.90 Å². The molecule has 1 saturated heterocycles. The first-order valence-electron chi connectivity index (χ1n) is 5.90. The maximum Gasteiger partial charge on any atom is 0.0235 e. The highest BCUT2D eigenvalue weighted by Gasteiger charge is 2.48. The average Bonchev–Trinajstić information content (AvgIpc) is 2.37. The first-order chi connectivity index (χ1) is 6.19. The van der Waals surface area contributed by atoms with Crippen LogP contribution < -0.4 is 0 Å². The average molecular weight is 181 g/mol. The third-order valence-corrected chi connectivity index (χ3v) is 4.69. The van der Waals surface area contributed by atoms with Gasteiger partial charge in [-0.3, -0.25) is 0 Å². The fraction of sp³-hybridized carbons (Fsp3) is 1.00. The van der Waals surface area contributed by atoms with E-state index < -0.39 is 0 Å². The fourth-order valence-electron chi connectivity index (χ4n) is 3.68. The van der Waals surface area contributed by atoms with Crippen LogP contribution in [0.5, 0.6) is 0 Å². The summed E-state index contributed by atoms with van der Waals surface area (Å²) < 4.78 is 0. The van der Waals surface area contributed by atoms with Crippen LogP contribution in [0.2, 0.25) is 0 Å². The van der Waals surface area contributed by atoms with Crippen LogP contribution in [0.4, 0.5) is 0 Å². The van der Waals surface area contributed by atoms with E-state index in [9.17, 15) is 0 Å². The van der Waals surface area contributed by atoms with Gasteiger partial charge in [0.05, 0.1) is 0 Å². The maximum atomic E-state index is 2.67. The molecule has 2 aliphatic rings. The Morgan fingerprint density at radius 1 is 1.54 bits per heavy atom.